The van der Waals surface area contributed by atoms with Gasteiger partial charge in [0.2, 0.25) is 5.78 Å². The van der Waals surface area contributed by atoms with E-state index < -0.39 is 11.6 Å². The van der Waals surface area contributed by atoms with E-state index in [0.29, 0.717) is 5.56 Å². The Labute approximate surface area is 128 Å². The molecule has 4 heteroatoms. The van der Waals surface area contributed by atoms with E-state index in [4.69, 9.17) is 0 Å². The zero-order valence-electron chi connectivity index (χ0n) is 12.3. The lowest BCUT2D eigenvalue weighted by atomic mass is 9.91. The first-order valence-electron chi connectivity index (χ1n) is 6.95. The predicted molar refractivity (Wildman–Crippen MR) is 84.9 cm³/mol. The van der Waals surface area contributed by atoms with Gasteiger partial charge >= 0.3 is 0 Å². The quantitative estimate of drug-likeness (QED) is 0.833. The molecule has 0 atom stereocenters. The molecular formula is C18H15NO3. The van der Waals surface area contributed by atoms with Crippen LogP contribution >= 0.6 is 0 Å². The van der Waals surface area contributed by atoms with Gasteiger partial charge in [0.05, 0.1) is 0 Å². The molecule has 0 aromatic heterocycles. The number of aliphatic hydroxyl groups is 1. The third kappa shape index (κ3) is 2.09. The number of benzene rings is 2. The highest BCUT2D eigenvalue weighted by Crippen LogP contribution is 2.30. The number of carbonyl (C=O) groups excluding carboxylic acids is 2. The number of carbonyl (C=O) groups is 2. The van der Waals surface area contributed by atoms with Crippen LogP contribution in [0.25, 0.3) is 5.76 Å². The number of hydrogen-bond donors (Lipinski definition) is 2. The summed E-state index contributed by atoms with van der Waals surface area (Å²) >= 11 is 0. The standard InChI is InChI=1S/C18H15NO3/c1-10-6-5-7-11(2)14(10)19-15-16(20)12-8-3-4-9-13(12)17(21)18(15)22/h3-9,19-20H,1-2H3. The van der Waals surface area contributed by atoms with Crippen LogP contribution in [0.5, 0.6) is 0 Å². The van der Waals surface area contributed by atoms with Gasteiger partial charge in [-0.3, -0.25) is 9.59 Å². The zero-order valence-corrected chi connectivity index (χ0v) is 12.3. The fourth-order valence-electron chi connectivity index (χ4n) is 2.62. The Bertz CT molecular complexity index is 814. The second-order valence-electron chi connectivity index (χ2n) is 5.32. The van der Waals surface area contributed by atoms with Crippen molar-refractivity contribution in [2.24, 2.45) is 0 Å². The number of aryl methyl sites for hydroxylation is 2. The summed E-state index contributed by atoms with van der Waals surface area (Å²) in [7, 11) is 0. The molecule has 0 amide bonds. The summed E-state index contributed by atoms with van der Waals surface area (Å²) < 4.78 is 0. The SMILES string of the molecule is Cc1cccc(C)c1NC1=C(O)c2ccccc2C(=O)C1=O. The van der Waals surface area contributed by atoms with Crippen LogP contribution in [0.15, 0.2) is 48.2 Å². The Morgan fingerprint density at radius 2 is 1.41 bits per heavy atom. The van der Waals surface area contributed by atoms with Crippen LogP contribution in [0.3, 0.4) is 0 Å². The Morgan fingerprint density at radius 3 is 2.05 bits per heavy atom. The summed E-state index contributed by atoms with van der Waals surface area (Å²) in [4.78, 5) is 24.5. The molecule has 2 aromatic carbocycles. The second kappa shape index (κ2) is 5.15. The van der Waals surface area contributed by atoms with Crippen LogP contribution in [0.4, 0.5) is 5.69 Å². The average Bonchev–Trinajstić information content (AvgIpc) is 2.52. The third-order valence-corrected chi connectivity index (χ3v) is 3.83. The number of ketones is 2. The van der Waals surface area contributed by atoms with Gasteiger partial charge in [0.15, 0.2) is 5.76 Å². The first-order valence-corrected chi connectivity index (χ1v) is 6.95. The van der Waals surface area contributed by atoms with E-state index in [9.17, 15) is 14.7 Å². The number of rotatable bonds is 2. The number of para-hydroxylation sites is 1. The van der Waals surface area contributed by atoms with Gasteiger partial charge in [-0.25, -0.2) is 0 Å². The molecule has 0 spiro atoms. The lowest BCUT2D eigenvalue weighted by Crippen LogP contribution is -2.28. The van der Waals surface area contributed by atoms with E-state index in [1.165, 1.54) is 0 Å². The number of anilines is 1. The summed E-state index contributed by atoms with van der Waals surface area (Å²) in [6.45, 7) is 3.80. The smallest absolute Gasteiger partial charge is 0.253 e. The number of fused-ring (bicyclic) bond motifs is 1. The predicted octanol–water partition coefficient (Wildman–Crippen LogP) is 3.41. The molecule has 0 saturated heterocycles. The molecule has 0 fully saturated rings. The fraction of sp³-hybridized carbons (Fsp3) is 0.111. The minimum Gasteiger partial charge on any atom is -0.505 e. The van der Waals surface area contributed by atoms with E-state index in [0.717, 1.165) is 16.8 Å². The second-order valence-corrected chi connectivity index (χ2v) is 5.32. The molecule has 2 N–H and O–H groups in total. The van der Waals surface area contributed by atoms with E-state index >= 15 is 0 Å². The Morgan fingerprint density at radius 1 is 0.818 bits per heavy atom. The summed E-state index contributed by atoms with van der Waals surface area (Å²) in [6.07, 6.45) is 0. The van der Waals surface area contributed by atoms with Gasteiger partial charge < -0.3 is 10.4 Å². The fourth-order valence-corrected chi connectivity index (χ4v) is 2.62. The molecule has 0 saturated carbocycles. The highest BCUT2D eigenvalue weighted by atomic mass is 16.3. The highest BCUT2D eigenvalue weighted by Gasteiger charge is 2.33. The maximum absolute atomic E-state index is 12.3. The summed E-state index contributed by atoms with van der Waals surface area (Å²) in [5, 5.41) is 13.3. The number of aliphatic hydroxyl groups excluding tert-OH is 1. The van der Waals surface area contributed by atoms with Crippen molar-refractivity contribution in [2.45, 2.75) is 13.8 Å². The number of hydrogen-bond acceptors (Lipinski definition) is 4. The van der Waals surface area contributed by atoms with Crippen molar-refractivity contribution < 1.29 is 14.7 Å². The van der Waals surface area contributed by atoms with Gasteiger partial charge in [0, 0.05) is 16.8 Å². The largest absolute Gasteiger partial charge is 0.505 e. The van der Waals surface area contributed by atoms with Crippen LogP contribution in [0.2, 0.25) is 0 Å². The van der Waals surface area contributed by atoms with Crippen molar-refractivity contribution >= 4 is 23.0 Å². The normalized spacial score (nSPS) is 14.1. The van der Waals surface area contributed by atoms with E-state index in [2.05, 4.69) is 5.32 Å². The minimum atomic E-state index is -0.723. The Hall–Kier alpha value is -2.88. The van der Waals surface area contributed by atoms with Crippen molar-refractivity contribution in [3.8, 4) is 0 Å². The maximum atomic E-state index is 12.3. The van der Waals surface area contributed by atoms with Crippen LogP contribution in [-0.2, 0) is 4.79 Å². The number of nitrogens with one attached hydrogen (secondary N) is 1. The van der Waals surface area contributed by atoms with E-state index in [-0.39, 0.29) is 17.0 Å². The van der Waals surface area contributed by atoms with E-state index in [1.54, 1.807) is 24.3 Å². The Kier molecular flexibility index (Phi) is 3.29. The van der Waals surface area contributed by atoms with Crippen molar-refractivity contribution in [3.05, 3.63) is 70.4 Å². The summed E-state index contributed by atoms with van der Waals surface area (Å²) in [5.74, 6) is -1.52. The van der Waals surface area contributed by atoms with Crippen molar-refractivity contribution in [1.82, 2.24) is 0 Å². The summed E-state index contributed by atoms with van der Waals surface area (Å²) in [5.41, 5.74) is 3.13. The van der Waals surface area contributed by atoms with Gasteiger partial charge in [-0.1, -0.05) is 42.5 Å². The molecular weight excluding hydrogens is 278 g/mol. The molecule has 0 heterocycles. The minimum absolute atomic E-state index is 0.0684. The average molecular weight is 293 g/mol. The van der Waals surface area contributed by atoms with Crippen LogP contribution in [-0.4, -0.2) is 16.7 Å². The summed E-state index contributed by atoms with van der Waals surface area (Å²) in [6, 6.07) is 12.3. The zero-order chi connectivity index (χ0) is 15.9. The number of Topliss-reactive ketones (excluding diaryl/α,β-unsaturated/α-hetero) is 2. The topological polar surface area (TPSA) is 66.4 Å². The van der Waals surface area contributed by atoms with Gasteiger partial charge in [-0.05, 0) is 25.0 Å². The first-order chi connectivity index (χ1) is 10.5. The van der Waals surface area contributed by atoms with Crippen LogP contribution in [0, 0.1) is 13.8 Å². The molecule has 0 aliphatic heterocycles. The highest BCUT2D eigenvalue weighted by molar-refractivity contribution is 6.52. The molecule has 0 radical (unpaired) electrons. The maximum Gasteiger partial charge on any atom is 0.253 e. The van der Waals surface area contributed by atoms with Crippen LogP contribution in [0.1, 0.15) is 27.0 Å². The van der Waals surface area contributed by atoms with Gasteiger partial charge in [0.1, 0.15) is 5.70 Å². The molecule has 0 bridgehead atoms. The van der Waals surface area contributed by atoms with Crippen molar-refractivity contribution in [3.63, 3.8) is 0 Å². The van der Waals surface area contributed by atoms with Gasteiger partial charge in [-0.15, -0.1) is 0 Å². The molecule has 0 unspecified atom stereocenters. The number of allylic oxidation sites excluding steroid dienone is 1. The monoisotopic (exact) mass is 293 g/mol. The van der Waals surface area contributed by atoms with Crippen LogP contribution < -0.4 is 5.32 Å². The van der Waals surface area contributed by atoms with Gasteiger partial charge in [0.25, 0.3) is 5.78 Å². The van der Waals surface area contributed by atoms with Crippen molar-refractivity contribution in [1.29, 1.82) is 0 Å². The molecule has 2 aromatic rings. The molecule has 3 rings (SSSR count). The van der Waals surface area contributed by atoms with Gasteiger partial charge in [-0.2, -0.15) is 0 Å². The van der Waals surface area contributed by atoms with E-state index in [1.807, 2.05) is 32.0 Å². The van der Waals surface area contributed by atoms with Crippen molar-refractivity contribution in [2.75, 3.05) is 5.32 Å². The molecule has 110 valence electrons. The molecule has 4 nitrogen and oxygen atoms in total. The lowest BCUT2D eigenvalue weighted by molar-refractivity contribution is -0.111. The lowest BCUT2D eigenvalue weighted by Gasteiger charge is -2.20. The molecule has 1 aliphatic rings. The Balaban J connectivity index is 2.14. The molecule has 22 heavy (non-hydrogen) atoms. The molecule has 1 aliphatic carbocycles. The third-order valence-electron chi connectivity index (χ3n) is 3.83. The first kappa shape index (κ1) is 14.1.